The molecule has 0 saturated carbocycles. The number of ether oxygens (including phenoxy) is 2. The number of hydrogen-bond donors (Lipinski definition) is 1. The topological polar surface area (TPSA) is 103 Å². The molecule has 2 heterocycles. The van der Waals surface area contributed by atoms with Gasteiger partial charge >= 0.3 is 12.2 Å². The van der Waals surface area contributed by atoms with Crippen LogP contribution in [0.1, 0.15) is 45.0 Å². The summed E-state index contributed by atoms with van der Waals surface area (Å²) in [6, 6.07) is 15.7. The third-order valence-corrected chi connectivity index (χ3v) is 5.67. The molecule has 9 heteroatoms. The molecule has 3 aromatic rings. The number of amides is 2. The highest BCUT2D eigenvalue weighted by Gasteiger charge is 2.36. The van der Waals surface area contributed by atoms with E-state index in [1.807, 2.05) is 19.9 Å². The van der Waals surface area contributed by atoms with Crippen LogP contribution in [0.25, 0.3) is 11.3 Å². The van der Waals surface area contributed by atoms with Crippen LogP contribution in [-0.2, 0) is 9.47 Å². The third kappa shape index (κ3) is 5.56. The second kappa shape index (κ2) is 9.85. The van der Waals surface area contributed by atoms with Crippen molar-refractivity contribution >= 4 is 29.5 Å². The Morgan fingerprint density at radius 2 is 1.83 bits per heavy atom. The molecule has 0 aliphatic carbocycles. The van der Waals surface area contributed by atoms with Crippen LogP contribution in [-0.4, -0.2) is 46.1 Å². The molecule has 1 saturated heterocycles. The van der Waals surface area contributed by atoms with Crippen LogP contribution in [0.2, 0.25) is 0 Å². The van der Waals surface area contributed by atoms with Crippen molar-refractivity contribution in [2.24, 2.45) is 5.92 Å². The minimum Gasteiger partial charge on any atom is -0.447 e. The van der Waals surface area contributed by atoms with Gasteiger partial charge in [0.05, 0.1) is 11.7 Å². The van der Waals surface area contributed by atoms with Crippen LogP contribution in [0.4, 0.5) is 21.0 Å². The largest absolute Gasteiger partial charge is 0.447 e. The van der Waals surface area contributed by atoms with E-state index in [1.165, 1.54) is 6.20 Å². The summed E-state index contributed by atoms with van der Waals surface area (Å²) in [5, 5.41) is 7.19. The van der Waals surface area contributed by atoms with Crippen LogP contribution in [0.5, 0.6) is 0 Å². The first-order valence-electron chi connectivity index (χ1n) is 11.8. The Kier molecular flexibility index (Phi) is 6.83. The highest BCUT2D eigenvalue weighted by molar-refractivity contribution is 6.05. The zero-order valence-corrected chi connectivity index (χ0v) is 21.0. The van der Waals surface area contributed by atoms with E-state index < -0.39 is 11.7 Å². The van der Waals surface area contributed by atoms with Gasteiger partial charge in [0.15, 0.2) is 0 Å². The summed E-state index contributed by atoms with van der Waals surface area (Å²) in [5.41, 5.74) is 2.40. The van der Waals surface area contributed by atoms with Gasteiger partial charge in [-0.1, -0.05) is 26.0 Å². The van der Waals surface area contributed by atoms with Gasteiger partial charge in [-0.15, -0.1) is 0 Å². The number of anilines is 2. The second-order valence-electron chi connectivity index (χ2n) is 9.97. The lowest BCUT2D eigenvalue weighted by Crippen LogP contribution is -2.37. The van der Waals surface area contributed by atoms with E-state index in [0.717, 1.165) is 10.2 Å². The zero-order chi connectivity index (χ0) is 26.0. The molecule has 0 unspecified atom stereocenters. The van der Waals surface area contributed by atoms with Crippen molar-refractivity contribution in [1.82, 2.24) is 9.78 Å². The summed E-state index contributed by atoms with van der Waals surface area (Å²) in [4.78, 5) is 38.9. The fraction of sp³-hybridized carbons (Fsp3) is 0.333. The van der Waals surface area contributed by atoms with Gasteiger partial charge in [0.25, 0.3) is 5.91 Å². The number of hydrogen-bond acceptors (Lipinski definition) is 6. The van der Waals surface area contributed by atoms with Crippen molar-refractivity contribution in [3.63, 3.8) is 0 Å². The maximum atomic E-state index is 12.9. The summed E-state index contributed by atoms with van der Waals surface area (Å²) in [7, 11) is 0. The molecule has 1 fully saturated rings. The average molecular weight is 491 g/mol. The van der Waals surface area contributed by atoms with Gasteiger partial charge in [-0.2, -0.15) is 9.78 Å². The molecule has 1 aliphatic rings. The molecule has 9 nitrogen and oxygen atoms in total. The SMILES string of the molecule is CC(C)[C@H]1COC(=O)N1c1ccc(C(=O)Nc2cccc(-c3ccn(C(=O)OC(C)(C)C)n3)c2)cc1. The van der Waals surface area contributed by atoms with Crippen LogP contribution in [0, 0.1) is 5.92 Å². The maximum Gasteiger partial charge on any atom is 0.435 e. The van der Waals surface area contributed by atoms with Gasteiger partial charge in [0.2, 0.25) is 0 Å². The Morgan fingerprint density at radius 3 is 2.50 bits per heavy atom. The minimum atomic E-state index is -0.625. The number of aromatic nitrogens is 2. The quantitative estimate of drug-likeness (QED) is 0.502. The molecule has 36 heavy (non-hydrogen) atoms. The molecule has 1 aromatic heterocycles. The smallest absolute Gasteiger partial charge is 0.435 e. The van der Waals surface area contributed by atoms with Gasteiger partial charge in [-0.25, -0.2) is 9.59 Å². The van der Waals surface area contributed by atoms with Gasteiger partial charge < -0.3 is 14.8 Å². The van der Waals surface area contributed by atoms with E-state index in [4.69, 9.17) is 9.47 Å². The Hall–Kier alpha value is -4.14. The summed E-state index contributed by atoms with van der Waals surface area (Å²) in [5.74, 6) is -0.0513. The molecule has 2 aromatic carbocycles. The lowest BCUT2D eigenvalue weighted by Gasteiger charge is -2.24. The van der Waals surface area contributed by atoms with Crippen molar-refractivity contribution in [1.29, 1.82) is 0 Å². The molecular formula is C27H30N4O5. The molecule has 1 N–H and O–H groups in total. The summed E-state index contributed by atoms with van der Waals surface area (Å²) in [6.45, 7) is 9.80. The highest BCUT2D eigenvalue weighted by atomic mass is 16.6. The van der Waals surface area contributed by atoms with E-state index in [2.05, 4.69) is 10.4 Å². The lowest BCUT2D eigenvalue weighted by atomic mass is 10.0. The number of rotatable bonds is 5. The molecule has 0 bridgehead atoms. The Bertz CT molecular complexity index is 1270. The van der Waals surface area contributed by atoms with Crippen molar-refractivity contribution in [2.45, 2.75) is 46.3 Å². The standard InChI is InChI=1S/C27H30N4O5/c1-17(2)23-16-35-26(34)31(23)21-11-9-18(10-12-21)24(32)28-20-8-6-7-19(15-20)22-13-14-30(29-22)25(33)36-27(3,4)5/h6-15,17,23H,16H2,1-5H3,(H,28,32)/t23-/m1/s1. The molecule has 1 atom stereocenters. The molecule has 0 spiro atoms. The van der Waals surface area contributed by atoms with Crippen molar-refractivity contribution in [3.05, 3.63) is 66.4 Å². The number of nitrogens with one attached hydrogen (secondary N) is 1. The molecule has 0 radical (unpaired) electrons. The first-order chi connectivity index (χ1) is 17.0. The Morgan fingerprint density at radius 1 is 1.11 bits per heavy atom. The summed E-state index contributed by atoms with van der Waals surface area (Å²) in [6.07, 6.45) is 0.594. The normalized spacial score (nSPS) is 15.7. The van der Waals surface area contributed by atoms with Crippen LogP contribution < -0.4 is 10.2 Å². The molecule has 188 valence electrons. The first-order valence-corrected chi connectivity index (χ1v) is 11.8. The average Bonchev–Trinajstić information content (AvgIpc) is 3.46. The number of carbonyl (C=O) groups excluding carboxylic acids is 3. The van der Waals surface area contributed by atoms with E-state index >= 15 is 0 Å². The van der Waals surface area contributed by atoms with Gasteiger partial charge in [0.1, 0.15) is 12.2 Å². The van der Waals surface area contributed by atoms with Crippen LogP contribution in [0.3, 0.4) is 0 Å². The first kappa shape index (κ1) is 25.0. The van der Waals surface area contributed by atoms with Gasteiger partial charge in [0, 0.05) is 28.7 Å². The number of benzene rings is 2. The van der Waals surface area contributed by atoms with Crippen LogP contribution >= 0.6 is 0 Å². The number of nitrogens with zero attached hydrogens (tertiary/aromatic N) is 3. The fourth-order valence-electron chi connectivity index (χ4n) is 3.84. The molecule has 4 rings (SSSR count). The number of cyclic esters (lactones) is 1. The van der Waals surface area contributed by atoms with Crippen molar-refractivity contribution in [3.8, 4) is 11.3 Å². The second-order valence-corrected chi connectivity index (χ2v) is 9.97. The third-order valence-electron chi connectivity index (χ3n) is 5.67. The highest BCUT2D eigenvalue weighted by Crippen LogP contribution is 2.28. The maximum absolute atomic E-state index is 12.9. The molecular weight excluding hydrogens is 460 g/mol. The number of carbonyl (C=O) groups is 3. The van der Waals surface area contributed by atoms with Gasteiger partial charge in [-0.3, -0.25) is 9.69 Å². The predicted molar refractivity (Wildman–Crippen MR) is 136 cm³/mol. The van der Waals surface area contributed by atoms with Crippen molar-refractivity contribution in [2.75, 3.05) is 16.8 Å². The molecule has 1 aliphatic heterocycles. The molecule has 2 amide bonds. The fourth-order valence-corrected chi connectivity index (χ4v) is 3.84. The summed E-state index contributed by atoms with van der Waals surface area (Å²) >= 11 is 0. The summed E-state index contributed by atoms with van der Waals surface area (Å²) < 4.78 is 11.7. The van der Waals surface area contributed by atoms with E-state index in [1.54, 1.807) is 74.2 Å². The predicted octanol–water partition coefficient (Wildman–Crippen LogP) is 5.57. The lowest BCUT2D eigenvalue weighted by molar-refractivity contribution is 0.0514. The van der Waals surface area contributed by atoms with Crippen LogP contribution in [0.15, 0.2) is 60.8 Å². The van der Waals surface area contributed by atoms with E-state index in [9.17, 15) is 14.4 Å². The van der Waals surface area contributed by atoms with E-state index in [-0.39, 0.29) is 24.0 Å². The zero-order valence-electron chi connectivity index (χ0n) is 21.0. The Balaban J connectivity index is 1.45. The van der Waals surface area contributed by atoms with Crippen molar-refractivity contribution < 1.29 is 23.9 Å². The monoisotopic (exact) mass is 490 g/mol. The van der Waals surface area contributed by atoms with Gasteiger partial charge in [-0.05, 0) is 69.2 Å². The van der Waals surface area contributed by atoms with E-state index in [0.29, 0.717) is 29.2 Å². The minimum absolute atomic E-state index is 0.0429. The Labute approximate surface area is 210 Å².